The monoisotopic (exact) mass is 590 g/mol. The summed E-state index contributed by atoms with van der Waals surface area (Å²) in [4.78, 5) is 0. The number of halogens is 3. The lowest BCUT2D eigenvalue weighted by molar-refractivity contribution is 0.300. The topological polar surface area (TPSA) is 18.5 Å². The lowest BCUT2D eigenvalue weighted by Gasteiger charge is -2.15. The second kappa shape index (κ2) is 15.5. The van der Waals surface area contributed by atoms with Crippen LogP contribution in [0.5, 0.6) is 11.5 Å². The third-order valence-corrected chi connectivity index (χ3v) is 6.68. The molecule has 0 amide bonds. The first-order valence-corrected chi connectivity index (χ1v) is 13.9. The van der Waals surface area contributed by atoms with Gasteiger partial charge in [0.25, 0.3) is 0 Å². The van der Waals surface area contributed by atoms with Crippen LogP contribution in [0, 0.1) is 0 Å². The molecular weight excluding hydrogens is 560 g/mol. The molecule has 162 valence electrons. The zero-order valence-corrected chi connectivity index (χ0v) is 22.0. The normalized spacial score (nSPS) is 11.1. The SMILES string of the molecule is BrCCCCCCCOc1cc(Br)c(OCCCCCCCBr)c2ccccc12. The van der Waals surface area contributed by atoms with Crippen LogP contribution in [0.25, 0.3) is 10.8 Å². The first kappa shape index (κ1) is 25.0. The number of benzene rings is 2. The standard InChI is InChI=1S/C24H33Br3O2/c25-15-9-3-1-5-11-17-28-23-19-22(27)24(21-14-8-7-13-20(21)23)29-18-12-6-2-4-10-16-26/h7-8,13-14,19H,1-6,9-12,15-18H2. The van der Waals surface area contributed by atoms with Crippen LogP contribution >= 0.6 is 47.8 Å². The van der Waals surface area contributed by atoms with Crippen molar-refractivity contribution >= 4 is 58.6 Å². The molecule has 5 heteroatoms. The Kier molecular flexibility index (Phi) is 13.4. The van der Waals surface area contributed by atoms with Gasteiger partial charge >= 0.3 is 0 Å². The summed E-state index contributed by atoms with van der Waals surface area (Å²) in [5.74, 6) is 1.87. The van der Waals surface area contributed by atoms with Gasteiger partial charge in [-0.3, -0.25) is 0 Å². The Morgan fingerprint density at radius 2 is 1.14 bits per heavy atom. The van der Waals surface area contributed by atoms with Crippen LogP contribution in [0.15, 0.2) is 34.8 Å². The largest absolute Gasteiger partial charge is 0.493 e. The second-order valence-electron chi connectivity index (χ2n) is 7.34. The Balaban J connectivity index is 1.89. The van der Waals surface area contributed by atoms with E-state index in [0.29, 0.717) is 0 Å². The maximum atomic E-state index is 6.18. The molecule has 2 rings (SSSR count). The van der Waals surface area contributed by atoms with Crippen molar-refractivity contribution in [2.75, 3.05) is 23.9 Å². The lowest BCUT2D eigenvalue weighted by Crippen LogP contribution is -2.01. The maximum Gasteiger partial charge on any atom is 0.141 e. The molecule has 0 bridgehead atoms. The van der Waals surface area contributed by atoms with Crippen molar-refractivity contribution in [1.82, 2.24) is 0 Å². The van der Waals surface area contributed by atoms with Crippen LogP contribution in [0.3, 0.4) is 0 Å². The third kappa shape index (κ3) is 9.18. The fourth-order valence-electron chi connectivity index (χ4n) is 3.36. The highest BCUT2D eigenvalue weighted by Crippen LogP contribution is 2.40. The molecular formula is C24H33Br3O2. The van der Waals surface area contributed by atoms with Crippen molar-refractivity contribution in [2.45, 2.75) is 64.2 Å². The van der Waals surface area contributed by atoms with Gasteiger partial charge in [-0.05, 0) is 47.7 Å². The van der Waals surface area contributed by atoms with Gasteiger partial charge in [-0.25, -0.2) is 0 Å². The van der Waals surface area contributed by atoms with Gasteiger partial charge in [0.1, 0.15) is 11.5 Å². The molecule has 0 aliphatic carbocycles. The Morgan fingerprint density at radius 3 is 1.76 bits per heavy atom. The molecule has 0 aliphatic heterocycles. The van der Waals surface area contributed by atoms with Gasteiger partial charge in [-0.15, -0.1) is 0 Å². The molecule has 0 spiro atoms. The van der Waals surface area contributed by atoms with Crippen LogP contribution in [-0.2, 0) is 0 Å². The van der Waals surface area contributed by atoms with E-state index in [0.717, 1.165) is 63.5 Å². The molecule has 0 heterocycles. The fraction of sp³-hybridized carbons (Fsp3) is 0.583. The van der Waals surface area contributed by atoms with Crippen LogP contribution in [0.4, 0.5) is 0 Å². The van der Waals surface area contributed by atoms with Crippen molar-refractivity contribution in [1.29, 1.82) is 0 Å². The molecule has 0 unspecified atom stereocenters. The molecule has 2 nitrogen and oxygen atoms in total. The van der Waals surface area contributed by atoms with E-state index in [1.54, 1.807) is 0 Å². The Morgan fingerprint density at radius 1 is 0.621 bits per heavy atom. The van der Waals surface area contributed by atoms with Crippen molar-refractivity contribution < 1.29 is 9.47 Å². The molecule has 0 aliphatic rings. The van der Waals surface area contributed by atoms with Gasteiger partial charge in [0, 0.05) is 21.4 Å². The highest BCUT2D eigenvalue weighted by Gasteiger charge is 2.12. The van der Waals surface area contributed by atoms with Gasteiger partial charge in [0.15, 0.2) is 0 Å². The molecule has 0 radical (unpaired) electrons. The van der Waals surface area contributed by atoms with Gasteiger partial charge in [0.2, 0.25) is 0 Å². The number of fused-ring (bicyclic) bond motifs is 1. The average Bonchev–Trinajstić information content (AvgIpc) is 2.74. The lowest BCUT2D eigenvalue weighted by atomic mass is 10.1. The van der Waals surface area contributed by atoms with Crippen molar-refractivity contribution in [3.8, 4) is 11.5 Å². The summed E-state index contributed by atoms with van der Waals surface area (Å²) in [5, 5.41) is 4.46. The molecule has 0 saturated carbocycles. The molecule has 0 saturated heterocycles. The summed E-state index contributed by atoms with van der Waals surface area (Å²) >= 11 is 10.7. The van der Waals surface area contributed by atoms with Crippen molar-refractivity contribution in [3.63, 3.8) is 0 Å². The van der Waals surface area contributed by atoms with E-state index < -0.39 is 0 Å². The smallest absolute Gasteiger partial charge is 0.141 e. The van der Waals surface area contributed by atoms with E-state index in [-0.39, 0.29) is 0 Å². The minimum atomic E-state index is 0.755. The summed E-state index contributed by atoms with van der Waals surface area (Å²) in [7, 11) is 0. The van der Waals surface area contributed by atoms with Crippen molar-refractivity contribution in [3.05, 3.63) is 34.8 Å². The Bertz CT molecular complexity index is 706. The third-order valence-electron chi connectivity index (χ3n) is 4.97. The first-order valence-electron chi connectivity index (χ1n) is 10.9. The molecule has 0 atom stereocenters. The second-order valence-corrected chi connectivity index (χ2v) is 9.78. The van der Waals surface area contributed by atoms with Gasteiger partial charge in [-0.2, -0.15) is 0 Å². The Labute approximate surface area is 201 Å². The van der Waals surface area contributed by atoms with E-state index in [4.69, 9.17) is 9.47 Å². The van der Waals surface area contributed by atoms with E-state index >= 15 is 0 Å². The molecule has 0 N–H and O–H groups in total. The van der Waals surface area contributed by atoms with Crippen molar-refractivity contribution in [2.24, 2.45) is 0 Å². The number of alkyl halides is 2. The van der Waals surface area contributed by atoms with E-state index in [9.17, 15) is 0 Å². The summed E-state index contributed by atoms with van der Waals surface area (Å²) in [5.41, 5.74) is 0. The quantitative estimate of drug-likeness (QED) is 0.143. The van der Waals surface area contributed by atoms with E-state index in [1.165, 1.54) is 51.4 Å². The zero-order valence-electron chi connectivity index (χ0n) is 17.2. The minimum absolute atomic E-state index is 0.755. The molecule has 0 fully saturated rings. The van der Waals surface area contributed by atoms with Crippen LogP contribution in [0.1, 0.15) is 64.2 Å². The number of unbranched alkanes of at least 4 members (excludes halogenated alkanes) is 8. The Hall–Kier alpha value is -0.260. The molecule has 2 aromatic carbocycles. The van der Waals surface area contributed by atoms with Crippen LogP contribution < -0.4 is 9.47 Å². The molecule has 29 heavy (non-hydrogen) atoms. The fourth-order valence-corrected chi connectivity index (χ4v) is 4.69. The summed E-state index contributed by atoms with van der Waals surface area (Å²) < 4.78 is 13.3. The summed E-state index contributed by atoms with van der Waals surface area (Å²) in [6.07, 6.45) is 12.3. The zero-order chi connectivity index (χ0) is 20.7. The van der Waals surface area contributed by atoms with E-state index in [2.05, 4.69) is 78.1 Å². The number of hydrogen-bond acceptors (Lipinski definition) is 2. The summed E-state index contributed by atoms with van der Waals surface area (Å²) in [6, 6.07) is 10.4. The summed E-state index contributed by atoms with van der Waals surface area (Å²) in [6.45, 7) is 1.52. The predicted molar refractivity (Wildman–Crippen MR) is 136 cm³/mol. The highest BCUT2D eigenvalue weighted by molar-refractivity contribution is 9.10. The maximum absolute atomic E-state index is 6.18. The minimum Gasteiger partial charge on any atom is -0.493 e. The predicted octanol–water partition coefficient (Wildman–Crippen LogP) is 9.05. The van der Waals surface area contributed by atoms with Gasteiger partial charge in [0.05, 0.1) is 17.7 Å². The van der Waals surface area contributed by atoms with Gasteiger partial charge < -0.3 is 9.47 Å². The number of rotatable bonds is 16. The molecule has 0 aromatic heterocycles. The number of hydrogen-bond donors (Lipinski definition) is 0. The molecule has 2 aromatic rings. The van der Waals surface area contributed by atoms with Crippen LogP contribution in [-0.4, -0.2) is 23.9 Å². The highest BCUT2D eigenvalue weighted by atomic mass is 79.9. The van der Waals surface area contributed by atoms with Crippen LogP contribution in [0.2, 0.25) is 0 Å². The number of ether oxygens (including phenoxy) is 2. The van der Waals surface area contributed by atoms with E-state index in [1.807, 2.05) is 0 Å². The average molecular weight is 593 g/mol. The van der Waals surface area contributed by atoms with Gasteiger partial charge in [-0.1, -0.05) is 94.7 Å². The first-order chi connectivity index (χ1) is 14.3.